The van der Waals surface area contributed by atoms with Gasteiger partial charge in [-0.25, -0.2) is 4.98 Å². The molecule has 1 aromatic carbocycles. The summed E-state index contributed by atoms with van der Waals surface area (Å²) in [4.78, 5) is 20.2. The number of carbonyl (C=O) groups is 1. The van der Waals surface area contributed by atoms with E-state index in [9.17, 15) is 4.79 Å². The van der Waals surface area contributed by atoms with Crippen LogP contribution >= 0.6 is 0 Å². The molecule has 4 heteroatoms. The molecule has 0 spiro atoms. The van der Waals surface area contributed by atoms with Crippen molar-refractivity contribution in [2.45, 2.75) is 91.9 Å². The van der Waals surface area contributed by atoms with Crippen LogP contribution in [0.5, 0.6) is 0 Å². The number of allylic oxidation sites excluding steroid dienone is 7. The van der Waals surface area contributed by atoms with Crippen LogP contribution in [0.4, 0.5) is 0 Å². The van der Waals surface area contributed by atoms with Gasteiger partial charge in [-0.2, -0.15) is 0 Å². The molecule has 0 N–H and O–H groups in total. The highest BCUT2D eigenvalue weighted by atomic mass is 16.4. The summed E-state index contributed by atoms with van der Waals surface area (Å²) in [6.45, 7) is 14.6. The number of rotatable bonds is 7. The zero-order valence-corrected chi connectivity index (χ0v) is 24.6. The van der Waals surface area contributed by atoms with Gasteiger partial charge in [0.05, 0.1) is 12.1 Å². The van der Waals surface area contributed by atoms with E-state index in [1.165, 1.54) is 44.9 Å². The predicted octanol–water partition coefficient (Wildman–Crippen LogP) is 10.1. The quantitative estimate of drug-likeness (QED) is 0.205. The van der Waals surface area contributed by atoms with Gasteiger partial charge in [-0.1, -0.05) is 108 Å². The number of hydrogen-bond donors (Lipinski definition) is 0. The molecule has 39 heavy (non-hydrogen) atoms. The highest BCUT2D eigenvalue weighted by Crippen LogP contribution is 2.34. The molecule has 1 heterocycles. The molecule has 0 aliphatic heterocycles. The monoisotopic (exact) mass is 526 g/mol. The molecule has 1 aromatic heterocycles. The van der Waals surface area contributed by atoms with Crippen molar-refractivity contribution in [2.24, 2.45) is 16.8 Å². The highest BCUT2D eigenvalue weighted by molar-refractivity contribution is 6.00. The Balaban J connectivity index is 0.000000401. The van der Waals surface area contributed by atoms with Crippen molar-refractivity contribution in [2.75, 3.05) is 0 Å². The summed E-state index contributed by atoms with van der Waals surface area (Å²) in [6.07, 6.45) is 21.9. The first kappa shape index (κ1) is 30.3. The number of aromatic nitrogens is 1. The lowest BCUT2D eigenvalue weighted by Crippen LogP contribution is -2.05. The molecule has 2 saturated carbocycles. The number of hydrogen-bond acceptors (Lipinski definition) is 4. The molecule has 1 atom stereocenters. The van der Waals surface area contributed by atoms with Crippen molar-refractivity contribution < 1.29 is 9.21 Å². The van der Waals surface area contributed by atoms with Crippen molar-refractivity contribution >= 4 is 12.0 Å². The van der Waals surface area contributed by atoms with E-state index in [0.29, 0.717) is 17.2 Å². The highest BCUT2D eigenvalue weighted by Gasteiger charge is 2.22. The summed E-state index contributed by atoms with van der Waals surface area (Å²) in [5.41, 5.74) is 5.64. The summed E-state index contributed by atoms with van der Waals surface area (Å²) >= 11 is 0. The fourth-order valence-corrected chi connectivity index (χ4v) is 4.66. The minimum absolute atomic E-state index is 0.0403. The maximum atomic E-state index is 10.8. The Morgan fingerprint density at radius 3 is 2.36 bits per heavy atom. The molecule has 2 fully saturated rings. The summed E-state index contributed by atoms with van der Waals surface area (Å²) in [5.74, 6) is 3.17. The van der Waals surface area contributed by atoms with Gasteiger partial charge in [0.1, 0.15) is 6.29 Å². The van der Waals surface area contributed by atoms with E-state index in [4.69, 9.17) is 9.41 Å². The third-order valence-electron chi connectivity index (χ3n) is 7.47. The number of benzene rings is 1. The van der Waals surface area contributed by atoms with Gasteiger partial charge in [0.25, 0.3) is 0 Å². The number of nitrogens with zero attached hydrogens (tertiary/aromatic N) is 2. The van der Waals surface area contributed by atoms with Gasteiger partial charge in [-0.3, -0.25) is 9.79 Å². The van der Waals surface area contributed by atoms with Gasteiger partial charge >= 0.3 is 0 Å². The van der Waals surface area contributed by atoms with Gasteiger partial charge in [0.15, 0.2) is 5.76 Å². The first-order chi connectivity index (χ1) is 18.9. The maximum absolute atomic E-state index is 10.8. The van der Waals surface area contributed by atoms with E-state index in [0.717, 1.165) is 52.7 Å². The summed E-state index contributed by atoms with van der Waals surface area (Å²) in [7, 11) is 0. The number of aldehydes is 1. The Morgan fingerprint density at radius 2 is 1.77 bits per heavy atom. The van der Waals surface area contributed by atoms with Crippen LogP contribution in [0, 0.1) is 11.8 Å². The topological polar surface area (TPSA) is 55.5 Å². The van der Waals surface area contributed by atoms with Crippen molar-refractivity contribution in [3.05, 3.63) is 89.6 Å². The lowest BCUT2D eigenvalue weighted by molar-refractivity contribution is 0.112. The van der Waals surface area contributed by atoms with Gasteiger partial charge in [0.2, 0.25) is 5.89 Å². The van der Waals surface area contributed by atoms with Crippen LogP contribution in [-0.4, -0.2) is 17.0 Å². The van der Waals surface area contributed by atoms with Crippen LogP contribution in [0.1, 0.15) is 108 Å². The molecule has 208 valence electrons. The SMILES string of the molecule is C=C(/C=C\C1CC1)C(C)=NC1=C(C)C=CC(c2ncc(-c3ccc(C=O)cc3)o2)C1.CC.CC1CCCCC1. The molecule has 1 unspecified atom stereocenters. The fourth-order valence-electron chi connectivity index (χ4n) is 4.66. The van der Waals surface area contributed by atoms with Crippen LogP contribution in [0.25, 0.3) is 11.3 Å². The Kier molecular flexibility index (Phi) is 11.9. The van der Waals surface area contributed by atoms with Crippen molar-refractivity contribution in [1.29, 1.82) is 0 Å². The summed E-state index contributed by atoms with van der Waals surface area (Å²) in [5, 5.41) is 0. The lowest BCUT2D eigenvalue weighted by Gasteiger charge is -2.17. The van der Waals surface area contributed by atoms with E-state index in [1.807, 2.05) is 32.9 Å². The van der Waals surface area contributed by atoms with E-state index < -0.39 is 0 Å². The molecule has 0 radical (unpaired) electrons. The predicted molar refractivity (Wildman–Crippen MR) is 164 cm³/mol. The van der Waals surface area contributed by atoms with Crippen LogP contribution < -0.4 is 0 Å². The summed E-state index contributed by atoms with van der Waals surface area (Å²) < 4.78 is 6.04. The average Bonchev–Trinajstić information content (AvgIpc) is 3.68. The first-order valence-electron chi connectivity index (χ1n) is 14.7. The summed E-state index contributed by atoms with van der Waals surface area (Å²) in [6, 6.07) is 7.29. The van der Waals surface area contributed by atoms with E-state index >= 15 is 0 Å². The molecule has 3 aliphatic carbocycles. The van der Waals surface area contributed by atoms with Gasteiger partial charge in [0, 0.05) is 29.0 Å². The van der Waals surface area contributed by atoms with Crippen molar-refractivity contribution in [3.8, 4) is 11.3 Å². The number of aliphatic imine (C=N–C) groups is 1. The molecule has 0 amide bonds. The average molecular weight is 527 g/mol. The number of oxazole rings is 1. The fraction of sp³-hybridized carbons (Fsp3) is 0.457. The van der Waals surface area contributed by atoms with Crippen LogP contribution in [0.2, 0.25) is 0 Å². The zero-order chi connectivity index (χ0) is 28.2. The molecule has 0 saturated heterocycles. The zero-order valence-electron chi connectivity index (χ0n) is 24.6. The van der Waals surface area contributed by atoms with Crippen LogP contribution in [0.15, 0.2) is 87.6 Å². The Morgan fingerprint density at radius 1 is 1.08 bits per heavy atom. The maximum Gasteiger partial charge on any atom is 0.202 e. The first-order valence-corrected chi connectivity index (χ1v) is 14.7. The van der Waals surface area contributed by atoms with Crippen LogP contribution in [-0.2, 0) is 0 Å². The normalized spacial score (nSPS) is 19.7. The van der Waals surface area contributed by atoms with Gasteiger partial charge < -0.3 is 4.42 Å². The second-order valence-electron chi connectivity index (χ2n) is 10.8. The molecular formula is C35H46N2O2. The lowest BCUT2D eigenvalue weighted by atomic mass is 9.91. The molecule has 0 bridgehead atoms. The van der Waals surface area contributed by atoms with E-state index in [1.54, 1.807) is 18.3 Å². The van der Waals surface area contributed by atoms with E-state index in [2.05, 4.69) is 49.7 Å². The smallest absolute Gasteiger partial charge is 0.202 e. The molecule has 4 nitrogen and oxygen atoms in total. The van der Waals surface area contributed by atoms with Crippen LogP contribution in [0.3, 0.4) is 0 Å². The Labute approximate surface area is 235 Å². The molecule has 3 aliphatic rings. The Hall–Kier alpha value is -3.27. The third-order valence-corrected chi connectivity index (χ3v) is 7.47. The third kappa shape index (κ3) is 9.45. The second kappa shape index (κ2) is 15.4. The van der Waals surface area contributed by atoms with Gasteiger partial charge in [-0.15, -0.1) is 0 Å². The molecule has 5 rings (SSSR count). The minimum Gasteiger partial charge on any atom is -0.440 e. The minimum atomic E-state index is 0.0403. The largest absolute Gasteiger partial charge is 0.440 e. The van der Waals surface area contributed by atoms with Crippen molar-refractivity contribution in [3.63, 3.8) is 0 Å². The molecular weight excluding hydrogens is 480 g/mol. The van der Waals surface area contributed by atoms with E-state index in [-0.39, 0.29) is 5.92 Å². The van der Waals surface area contributed by atoms with Gasteiger partial charge in [-0.05, 0) is 49.7 Å². The Bertz CT molecular complexity index is 1200. The second-order valence-corrected chi connectivity index (χ2v) is 10.8. The molecule has 2 aromatic rings. The standard InChI is InChI=1S/C26H26N2O2.C7H14.C2H6/c1-17(4-6-20-7-8-20)19(3)28-24-14-23(11-5-18(24)2)26-27-15-25(30-26)22-12-9-21(16-29)10-13-22;1-7-5-3-2-4-6-7;1-2/h4-6,9-13,15-16,20,23H,1,7-8,14H2,2-3H3;7H,2-6H2,1H3;1-2H3/b6-4-,28-19?;;. The number of carbonyl (C=O) groups excluding carboxylic acids is 1. The van der Waals surface area contributed by atoms with Crippen molar-refractivity contribution in [1.82, 2.24) is 4.98 Å².